The van der Waals surface area contributed by atoms with Gasteiger partial charge >= 0.3 is 0 Å². The molecule has 2 aromatic rings. The monoisotopic (exact) mass is 260 g/mol. The van der Waals surface area contributed by atoms with Crippen LogP contribution in [0, 0.1) is 0 Å². The van der Waals surface area contributed by atoms with Crippen LogP contribution in [0.3, 0.4) is 0 Å². The molecule has 0 bridgehead atoms. The van der Waals surface area contributed by atoms with E-state index in [4.69, 9.17) is 4.74 Å². The Morgan fingerprint density at radius 3 is 2.26 bits per heavy atom. The van der Waals surface area contributed by atoms with Crippen molar-refractivity contribution in [3.05, 3.63) is 47.5 Å². The lowest BCUT2D eigenvalue weighted by Crippen LogP contribution is -2.02. The summed E-state index contributed by atoms with van der Waals surface area (Å²) in [6, 6.07) is 9.30. The van der Waals surface area contributed by atoms with Crippen LogP contribution in [-0.4, -0.2) is 28.2 Å². The van der Waals surface area contributed by atoms with Gasteiger partial charge in [0.25, 0.3) is 0 Å². The molecule has 0 amide bonds. The Morgan fingerprint density at radius 2 is 1.68 bits per heavy atom. The van der Waals surface area contributed by atoms with Gasteiger partial charge in [-0.25, -0.2) is 0 Å². The first-order valence-corrected chi connectivity index (χ1v) is 5.48. The number of benzene rings is 2. The Morgan fingerprint density at radius 1 is 1.05 bits per heavy atom. The van der Waals surface area contributed by atoms with Crippen LogP contribution in [0.15, 0.2) is 36.4 Å². The molecule has 98 valence electrons. The highest BCUT2D eigenvalue weighted by Gasteiger charge is 2.22. The van der Waals surface area contributed by atoms with E-state index in [0.717, 1.165) is 6.07 Å². The summed E-state index contributed by atoms with van der Waals surface area (Å²) in [5, 5.41) is 29.1. The lowest BCUT2D eigenvalue weighted by Gasteiger charge is -2.11. The fourth-order valence-electron chi connectivity index (χ4n) is 1.75. The highest BCUT2D eigenvalue weighted by Crippen LogP contribution is 2.45. The topological polar surface area (TPSA) is 87.0 Å². The number of ether oxygens (including phenoxy) is 1. The summed E-state index contributed by atoms with van der Waals surface area (Å²) in [6.45, 7) is 0. The van der Waals surface area contributed by atoms with E-state index in [9.17, 15) is 20.1 Å². The van der Waals surface area contributed by atoms with Gasteiger partial charge in [0, 0.05) is 5.56 Å². The molecule has 0 aliphatic carbocycles. The third kappa shape index (κ3) is 2.18. The maximum atomic E-state index is 12.1. The molecule has 0 aliphatic rings. The van der Waals surface area contributed by atoms with Crippen molar-refractivity contribution < 1.29 is 24.9 Å². The second-order valence-electron chi connectivity index (χ2n) is 3.87. The van der Waals surface area contributed by atoms with Gasteiger partial charge in [0.1, 0.15) is 0 Å². The van der Waals surface area contributed by atoms with Crippen molar-refractivity contribution in [1.82, 2.24) is 0 Å². The van der Waals surface area contributed by atoms with Crippen LogP contribution in [0.2, 0.25) is 0 Å². The van der Waals surface area contributed by atoms with E-state index < -0.39 is 23.0 Å². The summed E-state index contributed by atoms with van der Waals surface area (Å²) in [5.41, 5.74) is 0.142. The molecule has 0 spiro atoms. The molecule has 5 heteroatoms. The van der Waals surface area contributed by atoms with E-state index in [1.54, 1.807) is 30.3 Å². The van der Waals surface area contributed by atoms with Gasteiger partial charge < -0.3 is 20.1 Å². The molecule has 0 aromatic heterocycles. The van der Waals surface area contributed by atoms with Crippen LogP contribution in [0.1, 0.15) is 15.9 Å². The normalized spacial score (nSPS) is 10.2. The van der Waals surface area contributed by atoms with Gasteiger partial charge in [0.2, 0.25) is 11.5 Å². The number of phenolic OH excluding ortho intramolecular Hbond substituents is 3. The van der Waals surface area contributed by atoms with Gasteiger partial charge in [-0.15, -0.1) is 0 Å². The van der Waals surface area contributed by atoms with Crippen molar-refractivity contribution in [2.24, 2.45) is 0 Å². The number of hydrogen-bond donors (Lipinski definition) is 3. The number of carbonyl (C=O) groups excluding carboxylic acids is 1. The maximum absolute atomic E-state index is 12.1. The highest BCUT2D eigenvalue weighted by atomic mass is 16.5. The molecule has 0 aliphatic heterocycles. The highest BCUT2D eigenvalue weighted by molar-refractivity contribution is 6.11. The number of methoxy groups -OCH3 is 1. The van der Waals surface area contributed by atoms with E-state index in [0.29, 0.717) is 5.56 Å². The molecule has 0 atom stereocenters. The minimum atomic E-state index is -0.665. The molecule has 2 aromatic carbocycles. The van der Waals surface area contributed by atoms with Gasteiger partial charge in [-0.05, 0) is 6.07 Å². The largest absolute Gasteiger partial charge is 0.504 e. The Balaban J connectivity index is 2.56. The zero-order valence-corrected chi connectivity index (χ0v) is 10.1. The summed E-state index contributed by atoms with van der Waals surface area (Å²) in [4.78, 5) is 12.1. The molecule has 3 N–H and O–H groups in total. The molecule has 5 nitrogen and oxygen atoms in total. The molecule has 0 fully saturated rings. The van der Waals surface area contributed by atoms with Crippen molar-refractivity contribution in [2.45, 2.75) is 0 Å². The molecule has 0 saturated heterocycles. The summed E-state index contributed by atoms with van der Waals surface area (Å²) >= 11 is 0. The number of aromatic hydroxyl groups is 3. The van der Waals surface area contributed by atoms with Gasteiger partial charge in [-0.1, -0.05) is 30.3 Å². The number of rotatable bonds is 3. The number of carbonyl (C=O) groups is 1. The SMILES string of the molecule is COc1c(O)cc(C(=O)c2ccccc2)c(O)c1O. The van der Waals surface area contributed by atoms with E-state index in [1.165, 1.54) is 7.11 Å². The average Bonchev–Trinajstić information content (AvgIpc) is 2.43. The molecule has 2 rings (SSSR count). The third-order valence-corrected chi connectivity index (χ3v) is 2.69. The summed E-state index contributed by atoms with van der Waals surface area (Å²) in [5.74, 6) is -2.49. The van der Waals surface area contributed by atoms with Gasteiger partial charge in [0.15, 0.2) is 17.3 Å². The first kappa shape index (κ1) is 12.8. The van der Waals surface area contributed by atoms with Crippen molar-refractivity contribution in [2.75, 3.05) is 7.11 Å². The lowest BCUT2D eigenvalue weighted by molar-refractivity contribution is 0.103. The standard InChI is InChI=1S/C14H12O5/c1-19-14-10(15)7-9(12(17)13(14)18)11(16)8-5-3-2-4-6-8/h2-7,15,17-18H,1H3. The number of phenols is 3. The molecule has 0 unspecified atom stereocenters. The zero-order valence-electron chi connectivity index (χ0n) is 10.1. The van der Waals surface area contributed by atoms with Crippen molar-refractivity contribution in [1.29, 1.82) is 0 Å². The number of hydrogen-bond acceptors (Lipinski definition) is 5. The summed E-state index contributed by atoms with van der Waals surface area (Å²) < 4.78 is 4.73. The first-order chi connectivity index (χ1) is 9.06. The van der Waals surface area contributed by atoms with E-state index in [2.05, 4.69) is 0 Å². The fourth-order valence-corrected chi connectivity index (χ4v) is 1.75. The summed E-state index contributed by atoms with van der Waals surface area (Å²) in [6.07, 6.45) is 0. The molecular formula is C14H12O5. The van der Waals surface area contributed by atoms with Crippen LogP contribution in [0.4, 0.5) is 0 Å². The van der Waals surface area contributed by atoms with Gasteiger partial charge in [-0.2, -0.15) is 0 Å². The predicted octanol–water partition coefficient (Wildman–Crippen LogP) is 2.04. The molecule has 19 heavy (non-hydrogen) atoms. The van der Waals surface area contributed by atoms with Crippen molar-refractivity contribution in [3.63, 3.8) is 0 Å². The molecular weight excluding hydrogens is 248 g/mol. The van der Waals surface area contributed by atoms with Gasteiger partial charge in [-0.3, -0.25) is 4.79 Å². The second kappa shape index (κ2) is 4.89. The average molecular weight is 260 g/mol. The molecule has 0 saturated carbocycles. The number of ketones is 1. The maximum Gasteiger partial charge on any atom is 0.206 e. The third-order valence-electron chi connectivity index (χ3n) is 2.69. The molecule has 0 heterocycles. The van der Waals surface area contributed by atoms with E-state index in [-0.39, 0.29) is 11.3 Å². The van der Waals surface area contributed by atoms with E-state index >= 15 is 0 Å². The second-order valence-corrected chi connectivity index (χ2v) is 3.87. The fraction of sp³-hybridized carbons (Fsp3) is 0.0714. The van der Waals surface area contributed by atoms with Gasteiger partial charge in [0.05, 0.1) is 12.7 Å². The van der Waals surface area contributed by atoms with Crippen LogP contribution in [0.25, 0.3) is 0 Å². The quantitative estimate of drug-likeness (QED) is 0.446. The Hall–Kier alpha value is -2.69. The summed E-state index contributed by atoms with van der Waals surface area (Å²) in [7, 11) is 1.23. The minimum absolute atomic E-state index is 0.193. The van der Waals surface area contributed by atoms with Crippen LogP contribution < -0.4 is 4.74 Å². The zero-order chi connectivity index (χ0) is 14.0. The van der Waals surface area contributed by atoms with Crippen molar-refractivity contribution >= 4 is 5.78 Å². The Bertz CT molecular complexity index is 619. The van der Waals surface area contributed by atoms with E-state index in [1.807, 2.05) is 0 Å². The Labute approximate surface area is 109 Å². The smallest absolute Gasteiger partial charge is 0.206 e. The minimum Gasteiger partial charge on any atom is -0.504 e. The van der Waals surface area contributed by atoms with Crippen LogP contribution in [0.5, 0.6) is 23.0 Å². The Kier molecular flexibility index (Phi) is 3.29. The van der Waals surface area contributed by atoms with Crippen LogP contribution >= 0.6 is 0 Å². The predicted molar refractivity (Wildman–Crippen MR) is 67.9 cm³/mol. The lowest BCUT2D eigenvalue weighted by atomic mass is 10.0. The van der Waals surface area contributed by atoms with Crippen molar-refractivity contribution in [3.8, 4) is 23.0 Å². The first-order valence-electron chi connectivity index (χ1n) is 5.48. The molecule has 0 radical (unpaired) electrons. The van der Waals surface area contributed by atoms with Crippen LogP contribution in [-0.2, 0) is 0 Å².